The number of amides is 1. The lowest BCUT2D eigenvalue weighted by atomic mass is 9.80. The number of hydrogen-bond acceptors (Lipinski definition) is 8. The van der Waals surface area contributed by atoms with Crippen LogP contribution in [0.15, 0.2) is 18.3 Å². The number of likely N-dealkylation sites (tertiary alicyclic amines) is 1. The zero-order valence-electron chi connectivity index (χ0n) is 22.7. The molecule has 0 radical (unpaired) electrons. The Morgan fingerprint density at radius 2 is 1.98 bits per heavy atom. The van der Waals surface area contributed by atoms with Crippen LogP contribution in [0.3, 0.4) is 0 Å². The van der Waals surface area contributed by atoms with E-state index >= 15 is 0 Å². The number of aromatic amines is 1. The summed E-state index contributed by atoms with van der Waals surface area (Å²) in [5.74, 6) is -0.844. The van der Waals surface area contributed by atoms with Gasteiger partial charge in [0.15, 0.2) is 17.6 Å². The van der Waals surface area contributed by atoms with Crippen molar-refractivity contribution < 1.29 is 42.0 Å². The van der Waals surface area contributed by atoms with Crippen LogP contribution in [0.5, 0.6) is 5.88 Å². The summed E-state index contributed by atoms with van der Waals surface area (Å²) in [4.78, 5) is 18.9. The van der Waals surface area contributed by atoms with Crippen molar-refractivity contribution in [3.8, 4) is 17.1 Å². The van der Waals surface area contributed by atoms with Crippen LogP contribution >= 0.6 is 0 Å². The Morgan fingerprint density at radius 1 is 1.24 bits per heavy atom. The standard InChI is InChI=1S/C27H35F4N5O5/c1-40-22-12-18(19(28)15-32-22)20-13-21(35-34-20)24(39)36-9-4-16(14-25(36)7-8-25)23(38)33-17-2-5-26(6-3-17,27(29,30)31)41-11-10-37/h12-13,15-17,24,37,39H,2-11,14H2,1H3,(H,33,38)(H,34,35)/t16?,17-,24?,26-. The van der Waals surface area contributed by atoms with E-state index in [1.54, 1.807) is 6.07 Å². The Balaban J connectivity index is 1.18. The molecule has 2 aromatic rings. The van der Waals surface area contributed by atoms with Crippen LogP contribution in [0.1, 0.15) is 63.3 Å². The largest absolute Gasteiger partial charge is 0.481 e. The maximum absolute atomic E-state index is 14.4. The lowest BCUT2D eigenvalue weighted by Gasteiger charge is -2.43. The molecule has 3 heterocycles. The topological polar surface area (TPSA) is 133 Å². The highest BCUT2D eigenvalue weighted by Crippen LogP contribution is 2.53. The fourth-order valence-electron chi connectivity index (χ4n) is 6.25. The van der Waals surface area contributed by atoms with Crippen LogP contribution in [0, 0.1) is 11.7 Å². The molecule has 10 nitrogen and oxygen atoms in total. The number of aliphatic hydroxyl groups is 2. The zero-order valence-corrected chi connectivity index (χ0v) is 22.7. The Morgan fingerprint density at radius 3 is 2.61 bits per heavy atom. The number of carbonyl (C=O) groups is 1. The van der Waals surface area contributed by atoms with Crippen molar-refractivity contribution in [1.29, 1.82) is 0 Å². The summed E-state index contributed by atoms with van der Waals surface area (Å²) in [7, 11) is 1.43. The highest BCUT2D eigenvalue weighted by molar-refractivity contribution is 5.79. The molecule has 2 atom stereocenters. The molecule has 4 N–H and O–H groups in total. The van der Waals surface area contributed by atoms with Gasteiger partial charge in [-0.2, -0.15) is 18.3 Å². The normalized spacial score (nSPS) is 27.0. The number of rotatable bonds is 9. The van der Waals surface area contributed by atoms with Crippen molar-refractivity contribution in [3.63, 3.8) is 0 Å². The third kappa shape index (κ3) is 5.92. The van der Waals surface area contributed by atoms with E-state index in [4.69, 9.17) is 14.6 Å². The van der Waals surface area contributed by atoms with E-state index in [-0.39, 0.29) is 60.5 Å². The summed E-state index contributed by atoms with van der Waals surface area (Å²) in [6.45, 7) is -0.458. The maximum atomic E-state index is 14.4. The predicted octanol–water partition coefficient (Wildman–Crippen LogP) is 3.22. The second-order valence-corrected chi connectivity index (χ2v) is 11.2. The molecular formula is C27H35F4N5O5. The van der Waals surface area contributed by atoms with Crippen molar-refractivity contribution in [2.75, 3.05) is 26.9 Å². The summed E-state index contributed by atoms with van der Waals surface area (Å²) in [5.41, 5.74) is -1.78. The molecule has 0 bridgehead atoms. The van der Waals surface area contributed by atoms with Crippen LogP contribution in [-0.2, 0) is 9.53 Å². The van der Waals surface area contributed by atoms with E-state index < -0.39 is 37.0 Å². The van der Waals surface area contributed by atoms with Gasteiger partial charge in [0.1, 0.15) is 5.69 Å². The molecule has 14 heteroatoms. The average Bonchev–Trinajstić information content (AvgIpc) is 3.53. The lowest BCUT2D eigenvalue weighted by molar-refractivity contribution is -0.290. The SMILES string of the molecule is COc1cc(-c2cc(C(O)N3CCC(C(=O)N[C@H]4CC[C@@](OCCO)(C(F)(F)F)CC4)CC34CC4)n[nH]2)c(F)cn1. The molecule has 2 unspecified atom stereocenters. The number of pyridine rings is 1. The molecule has 2 aromatic heterocycles. The van der Waals surface area contributed by atoms with Gasteiger partial charge in [-0.3, -0.25) is 14.8 Å². The molecule has 1 saturated heterocycles. The number of nitrogens with zero attached hydrogens (tertiary/aromatic N) is 3. The second-order valence-electron chi connectivity index (χ2n) is 11.2. The molecular weight excluding hydrogens is 550 g/mol. The minimum Gasteiger partial charge on any atom is -0.481 e. The Labute approximate surface area is 234 Å². The number of H-pyrrole nitrogens is 1. The molecule has 1 aliphatic heterocycles. The fourth-order valence-corrected chi connectivity index (χ4v) is 6.25. The van der Waals surface area contributed by atoms with Gasteiger partial charge >= 0.3 is 6.18 Å². The molecule has 5 rings (SSSR count). The van der Waals surface area contributed by atoms with Crippen molar-refractivity contribution in [3.05, 3.63) is 29.8 Å². The van der Waals surface area contributed by atoms with E-state index in [1.165, 1.54) is 13.2 Å². The van der Waals surface area contributed by atoms with Crippen LogP contribution in [0.25, 0.3) is 11.3 Å². The summed E-state index contributed by atoms with van der Waals surface area (Å²) in [6.07, 6.45) is -2.30. The van der Waals surface area contributed by atoms with Gasteiger partial charge in [-0.15, -0.1) is 0 Å². The first kappa shape index (κ1) is 29.7. The molecule has 1 amide bonds. The van der Waals surface area contributed by atoms with E-state index in [2.05, 4.69) is 20.5 Å². The summed E-state index contributed by atoms with van der Waals surface area (Å²) in [5, 5.41) is 30.1. The average molecular weight is 586 g/mol. The van der Waals surface area contributed by atoms with Gasteiger partial charge in [0.05, 0.1) is 32.2 Å². The number of nitrogens with one attached hydrogen (secondary N) is 2. The third-order valence-corrected chi connectivity index (χ3v) is 8.76. The molecule has 1 spiro atoms. The Kier molecular flexibility index (Phi) is 8.30. The molecule has 2 saturated carbocycles. The van der Waals surface area contributed by atoms with Gasteiger partial charge in [-0.25, -0.2) is 9.37 Å². The van der Waals surface area contributed by atoms with Crippen LogP contribution in [0.4, 0.5) is 17.6 Å². The first-order chi connectivity index (χ1) is 19.5. The first-order valence-corrected chi connectivity index (χ1v) is 13.8. The molecule has 41 heavy (non-hydrogen) atoms. The Hall–Kier alpha value is -2.81. The fraction of sp³-hybridized carbons (Fsp3) is 0.667. The Bertz CT molecular complexity index is 1230. The van der Waals surface area contributed by atoms with Gasteiger partial charge in [0.25, 0.3) is 0 Å². The number of hydrogen-bond donors (Lipinski definition) is 4. The smallest absolute Gasteiger partial charge is 0.417 e. The lowest BCUT2D eigenvalue weighted by Crippen LogP contribution is -2.55. The number of halogens is 4. The maximum Gasteiger partial charge on any atom is 0.417 e. The van der Waals surface area contributed by atoms with Gasteiger partial charge in [0, 0.05) is 35.7 Å². The molecule has 3 fully saturated rings. The molecule has 0 aromatic carbocycles. The number of aromatic nitrogens is 3. The number of carbonyl (C=O) groups excluding carboxylic acids is 1. The van der Waals surface area contributed by atoms with Crippen LogP contribution in [-0.4, -0.2) is 86.4 Å². The molecule has 2 aliphatic carbocycles. The van der Waals surface area contributed by atoms with Crippen molar-refractivity contribution in [1.82, 2.24) is 25.4 Å². The number of aliphatic hydroxyl groups excluding tert-OH is 2. The molecule has 226 valence electrons. The van der Waals surface area contributed by atoms with Crippen molar-refractivity contribution in [2.45, 2.75) is 81.0 Å². The van der Waals surface area contributed by atoms with E-state index in [9.17, 15) is 27.5 Å². The second kappa shape index (κ2) is 11.5. The quantitative estimate of drug-likeness (QED) is 0.330. The monoisotopic (exact) mass is 585 g/mol. The molecule has 3 aliphatic rings. The van der Waals surface area contributed by atoms with E-state index in [0.29, 0.717) is 30.8 Å². The minimum absolute atomic E-state index is 0.130. The third-order valence-electron chi connectivity index (χ3n) is 8.76. The number of alkyl halides is 3. The van der Waals surface area contributed by atoms with E-state index in [0.717, 1.165) is 19.0 Å². The minimum atomic E-state index is -4.56. The van der Waals surface area contributed by atoms with Gasteiger partial charge in [-0.1, -0.05) is 0 Å². The van der Waals surface area contributed by atoms with Crippen molar-refractivity contribution in [2.24, 2.45) is 5.92 Å². The van der Waals surface area contributed by atoms with Crippen LogP contribution < -0.4 is 10.1 Å². The summed E-state index contributed by atoms with van der Waals surface area (Å²) >= 11 is 0. The highest BCUT2D eigenvalue weighted by Gasteiger charge is 2.58. The number of ether oxygens (including phenoxy) is 2. The highest BCUT2D eigenvalue weighted by atomic mass is 19.4. The summed E-state index contributed by atoms with van der Waals surface area (Å²) in [6, 6.07) is 2.62. The number of piperidine rings is 1. The van der Waals surface area contributed by atoms with E-state index in [1.807, 2.05) is 4.90 Å². The van der Waals surface area contributed by atoms with Gasteiger partial charge in [-0.05, 0) is 57.4 Å². The van der Waals surface area contributed by atoms with Crippen LogP contribution in [0.2, 0.25) is 0 Å². The number of methoxy groups -OCH3 is 1. The van der Waals surface area contributed by atoms with Crippen molar-refractivity contribution >= 4 is 5.91 Å². The predicted molar refractivity (Wildman–Crippen MR) is 137 cm³/mol. The zero-order chi connectivity index (χ0) is 29.4. The first-order valence-electron chi connectivity index (χ1n) is 13.8. The van der Waals surface area contributed by atoms with Gasteiger partial charge in [0.2, 0.25) is 11.8 Å². The van der Waals surface area contributed by atoms with Gasteiger partial charge < -0.3 is 25.0 Å². The summed E-state index contributed by atoms with van der Waals surface area (Å²) < 4.78 is 65.6.